The van der Waals surface area contributed by atoms with E-state index in [2.05, 4.69) is 34.2 Å². The first-order valence-electron chi connectivity index (χ1n) is 8.53. The van der Waals surface area contributed by atoms with Crippen LogP contribution in [0.15, 0.2) is 42.5 Å². The van der Waals surface area contributed by atoms with Crippen molar-refractivity contribution in [1.29, 1.82) is 0 Å². The fraction of sp³-hybridized carbons (Fsp3) is 0.474. The number of carbonyl (C=O) groups is 2. The monoisotopic (exact) mass is 329 g/mol. The molecule has 0 unspecified atom stereocenters. The van der Waals surface area contributed by atoms with Gasteiger partial charge in [-0.2, -0.15) is 0 Å². The average Bonchev–Trinajstić information content (AvgIpc) is 2.57. The van der Waals surface area contributed by atoms with Gasteiger partial charge in [0.2, 0.25) is 11.8 Å². The number of aryl methyl sites for hydroxylation is 1. The quantitative estimate of drug-likeness (QED) is 0.711. The van der Waals surface area contributed by atoms with Crippen molar-refractivity contribution in [2.75, 3.05) is 26.2 Å². The highest BCUT2D eigenvalue weighted by Crippen LogP contribution is 2.11. The molecule has 2 N–H and O–H groups in total. The summed E-state index contributed by atoms with van der Waals surface area (Å²) in [6.07, 6.45) is 2.15. The number of carbonyl (C=O) groups excluding carboxylic acids is 2. The van der Waals surface area contributed by atoms with Crippen molar-refractivity contribution >= 4 is 11.8 Å². The third-order valence-corrected chi connectivity index (χ3v) is 4.16. The minimum atomic E-state index is -0.375. The van der Waals surface area contributed by atoms with E-state index >= 15 is 0 Å². The molecule has 1 aliphatic heterocycles. The number of rotatable bonds is 8. The normalized spacial score (nSPS) is 18.0. The number of piperazine rings is 1. The van der Waals surface area contributed by atoms with Crippen LogP contribution in [-0.4, -0.2) is 48.9 Å². The van der Waals surface area contributed by atoms with E-state index in [1.165, 1.54) is 5.56 Å². The molecule has 130 valence electrons. The van der Waals surface area contributed by atoms with Crippen molar-refractivity contribution in [2.45, 2.75) is 32.2 Å². The first-order chi connectivity index (χ1) is 11.6. The largest absolute Gasteiger partial charge is 0.353 e. The van der Waals surface area contributed by atoms with E-state index in [0.29, 0.717) is 13.1 Å². The summed E-state index contributed by atoms with van der Waals surface area (Å²) in [7, 11) is 0. The summed E-state index contributed by atoms with van der Waals surface area (Å²) in [6, 6.07) is 9.95. The highest BCUT2D eigenvalue weighted by atomic mass is 16.2. The maximum atomic E-state index is 12.2. The van der Waals surface area contributed by atoms with E-state index in [-0.39, 0.29) is 24.3 Å². The van der Waals surface area contributed by atoms with Crippen LogP contribution in [0.5, 0.6) is 0 Å². The van der Waals surface area contributed by atoms with E-state index in [0.717, 1.165) is 31.5 Å². The van der Waals surface area contributed by atoms with Crippen molar-refractivity contribution in [1.82, 2.24) is 15.5 Å². The van der Waals surface area contributed by atoms with Gasteiger partial charge in [0.25, 0.3) is 0 Å². The van der Waals surface area contributed by atoms with E-state index in [9.17, 15) is 9.59 Å². The van der Waals surface area contributed by atoms with Crippen LogP contribution in [-0.2, 0) is 16.0 Å². The van der Waals surface area contributed by atoms with E-state index < -0.39 is 0 Å². The van der Waals surface area contributed by atoms with Gasteiger partial charge in [0.15, 0.2) is 0 Å². The standard InChI is InChI=1S/C19H27N3O2/c1-15(2)14-21-18(23)13-17-19(24)20-10-12-22(17)11-6-9-16-7-4-3-5-8-16/h3-5,7-8,17H,1,6,9-14H2,2H3,(H,20,24)(H,21,23)/t17-/m0/s1. The highest BCUT2D eigenvalue weighted by molar-refractivity contribution is 5.88. The average molecular weight is 329 g/mol. The molecule has 5 nitrogen and oxygen atoms in total. The highest BCUT2D eigenvalue weighted by Gasteiger charge is 2.30. The first-order valence-corrected chi connectivity index (χ1v) is 8.53. The van der Waals surface area contributed by atoms with Gasteiger partial charge >= 0.3 is 0 Å². The van der Waals surface area contributed by atoms with Crippen LogP contribution in [0.3, 0.4) is 0 Å². The number of nitrogens with one attached hydrogen (secondary N) is 2. The Bertz CT molecular complexity index is 571. The van der Waals surface area contributed by atoms with Gasteiger partial charge in [0, 0.05) is 19.6 Å². The molecule has 5 heteroatoms. The minimum Gasteiger partial charge on any atom is -0.353 e. The summed E-state index contributed by atoms with van der Waals surface area (Å²) < 4.78 is 0. The minimum absolute atomic E-state index is 0.0496. The molecule has 1 fully saturated rings. The Morgan fingerprint density at radius 3 is 2.83 bits per heavy atom. The van der Waals surface area contributed by atoms with Gasteiger partial charge in [0.05, 0.1) is 12.5 Å². The van der Waals surface area contributed by atoms with Gasteiger partial charge in [-0.15, -0.1) is 0 Å². The smallest absolute Gasteiger partial charge is 0.237 e. The lowest BCUT2D eigenvalue weighted by atomic mass is 10.1. The molecule has 0 radical (unpaired) electrons. The summed E-state index contributed by atoms with van der Waals surface area (Å²) in [4.78, 5) is 26.3. The first kappa shape index (κ1) is 18.2. The topological polar surface area (TPSA) is 61.4 Å². The number of amides is 2. The number of nitrogens with zero attached hydrogens (tertiary/aromatic N) is 1. The number of hydrogen-bond acceptors (Lipinski definition) is 3. The fourth-order valence-electron chi connectivity index (χ4n) is 2.88. The van der Waals surface area contributed by atoms with Crippen molar-refractivity contribution in [3.63, 3.8) is 0 Å². The zero-order chi connectivity index (χ0) is 17.4. The summed E-state index contributed by atoms with van der Waals surface area (Å²) >= 11 is 0. The second-order valence-corrected chi connectivity index (χ2v) is 6.37. The van der Waals surface area contributed by atoms with Crippen LogP contribution < -0.4 is 10.6 Å². The Morgan fingerprint density at radius 2 is 2.12 bits per heavy atom. The van der Waals surface area contributed by atoms with Crippen LogP contribution in [0.25, 0.3) is 0 Å². The summed E-state index contributed by atoms with van der Waals surface area (Å²) in [6.45, 7) is 8.35. The lowest BCUT2D eigenvalue weighted by Gasteiger charge is -2.34. The van der Waals surface area contributed by atoms with Gasteiger partial charge in [-0.05, 0) is 31.9 Å². The predicted molar refractivity (Wildman–Crippen MR) is 95.6 cm³/mol. The zero-order valence-corrected chi connectivity index (χ0v) is 14.4. The maximum absolute atomic E-state index is 12.2. The van der Waals surface area contributed by atoms with Gasteiger partial charge < -0.3 is 10.6 Å². The third kappa shape index (κ3) is 5.81. The number of benzene rings is 1. The van der Waals surface area contributed by atoms with E-state index in [1.807, 2.05) is 25.1 Å². The van der Waals surface area contributed by atoms with E-state index in [4.69, 9.17) is 0 Å². The molecule has 1 aromatic carbocycles. The van der Waals surface area contributed by atoms with Crippen LogP contribution in [0.4, 0.5) is 0 Å². The fourth-order valence-corrected chi connectivity index (χ4v) is 2.88. The van der Waals surface area contributed by atoms with Crippen LogP contribution in [0, 0.1) is 0 Å². The maximum Gasteiger partial charge on any atom is 0.237 e. The zero-order valence-electron chi connectivity index (χ0n) is 14.4. The van der Waals surface area contributed by atoms with Crippen molar-refractivity contribution in [3.05, 3.63) is 48.0 Å². The summed E-state index contributed by atoms with van der Waals surface area (Å²) in [5, 5.41) is 5.67. The molecule has 2 amide bonds. The Hall–Kier alpha value is -2.14. The lowest BCUT2D eigenvalue weighted by molar-refractivity contribution is -0.133. The van der Waals surface area contributed by atoms with Gasteiger partial charge in [-0.25, -0.2) is 0 Å². The van der Waals surface area contributed by atoms with Crippen molar-refractivity contribution in [3.8, 4) is 0 Å². The molecule has 1 aliphatic rings. The SMILES string of the molecule is C=C(C)CNC(=O)C[C@H]1C(=O)NCCN1CCCc1ccccc1. The number of hydrogen-bond donors (Lipinski definition) is 2. The molecule has 0 spiro atoms. The van der Waals surface area contributed by atoms with Crippen LogP contribution in [0.2, 0.25) is 0 Å². The molecule has 1 heterocycles. The van der Waals surface area contributed by atoms with Gasteiger partial charge in [-0.1, -0.05) is 42.5 Å². The predicted octanol–water partition coefficient (Wildman–Crippen LogP) is 1.50. The molecular formula is C19H27N3O2. The van der Waals surface area contributed by atoms with Crippen molar-refractivity contribution in [2.24, 2.45) is 0 Å². The Labute approximate surface area is 144 Å². The molecule has 0 aromatic heterocycles. The second kappa shape index (κ2) is 9.23. The van der Waals surface area contributed by atoms with E-state index in [1.54, 1.807) is 0 Å². The summed E-state index contributed by atoms with van der Waals surface area (Å²) in [5.74, 6) is -0.153. The molecule has 0 aliphatic carbocycles. The Kier molecular flexibility index (Phi) is 7.00. The molecule has 1 saturated heterocycles. The molecule has 0 saturated carbocycles. The second-order valence-electron chi connectivity index (χ2n) is 6.37. The van der Waals surface area contributed by atoms with Gasteiger partial charge in [0.1, 0.15) is 0 Å². The molecule has 0 bridgehead atoms. The lowest BCUT2D eigenvalue weighted by Crippen LogP contribution is -2.56. The molecule has 24 heavy (non-hydrogen) atoms. The van der Waals surface area contributed by atoms with Crippen LogP contribution >= 0.6 is 0 Å². The van der Waals surface area contributed by atoms with Gasteiger partial charge in [-0.3, -0.25) is 14.5 Å². The Morgan fingerprint density at radius 1 is 1.38 bits per heavy atom. The van der Waals surface area contributed by atoms with Crippen LogP contribution in [0.1, 0.15) is 25.3 Å². The molecular weight excluding hydrogens is 302 g/mol. The molecule has 1 atom stereocenters. The third-order valence-electron chi connectivity index (χ3n) is 4.16. The molecule has 2 rings (SSSR count). The summed E-state index contributed by atoms with van der Waals surface area (Å²) in [5.41, 5.74) is 2.20. The van der Waals surface area contributed by atoms with Crippen molar-refractivity contribution < 1.29 is 9.59 Å². The Balaban J connectivity index is 1.84. The molecule has 1 aromatic rings.